The molecule has 0 N–H and O–H groups in total. The van der Waals surface area contributed by atoms with Crippen molar-refractivity contribution in [2.24, 2.45) is 28.6 Å². The molecule has 0 bridgehead atoms. The smallest absolute Gasteiger partial charge is 0.0937 e. The standard InChI is InChI=1S/C29H43NO2/c1-28-12-9-23(32-18-16-30-14-3-4-15-30)19-22(28)5-6-24-26-8-7-25(21-11-17-31-20-21)29(26,2)13-10-27(24)28/h5,11,17,20,23-27H,3-4,6-10,12-16,18-19H2,1-2H3/t23?,24-,25?,26-,27+,28-,29+/m0/s1. The average molecular weight is 438 g/mol. The molecule has 176 valence electrons. The second-order valence-electron chi connectivity index (χ2n) is 12.3. The van der Waals surface area contributed by atoms with Crippen molar-refractivity contribution >= 4 is 0 Å². The van der Waals surface area contributed by atoms with Gasteiger partial charge < -0.3 is 14.1 Å². The van der Waals surface area contributed by atoms with Crippen molar-refractivity contribution in [1.29, 1.82) is 0 Å². The van der Waals surface area contributed by atoms with Gasteiger partial charge in [-0.3, -0.25) is 0 Å². The lowest BCUT2D eigenvalue weighted by molar-refractivity contribution is -0.0522. The highest BCUT2D eigenvalue weighted by molar-refractivity contribution is 5.28. The first-order valence-corrected chi connectivity index (χ1v) is 13.6. The Labute approximate surface area is 195 Å². The van der Waals surface area contributed by atoms with Crippen LogP contribution < -0.4 is 0 Å². The Morgan fingerprint density at radius 3 is 2.75 bits per heavy atom. The van der Waals surface area contributed by atoms with Gasteiger partial charge >= 0.3 is 0 Å². The molecule has 3 heteroatoms. The van der Waals surface area contributed by atoms with Crippen LogP contribution in [0.1, 0.15) is 89.5 Å². The Morgan fingerprint density at radius 2 is 1.94 bits per heavy atom. The summed E-state index contributed by atoms with van der Waals surface area (Å²) in [6.45, 7) is 9.86. The summed E-state index contributed by atoms with van der Waals surface area (Å²) in [5.74, 6) is 3.34. The summed E-state index contributed by atoms with van der Waals surface area (Å²) in [6, 6.07) is 2.23. The van der Waals surface area contributed by atoms with Crippen LogP contribution in [0, 0.1) is 28.6 Å². The van der Waals surface area contributed by atoms with E-state index < -0.39 is 0 Å². The van der Waals surface area contributed by atoms with E-state index in [2.05, 4.69) is 30.9 Å². The lowest BCUT2D eigenvalue weighted by Gasteiger charge is -2.58. The van der Waals surface area contributed by atoms with Gasteiger partial charge in [0, 0.05) is 6.54 Å². The lowest BCUT2D eigenvalue weighted by atomic mass is 9.47. The number of furan rings is 1. The van der Waals surface area contributed by atoms with E-state index in [-0.39, 0.29) is 0 Å². The third kappa shape index (κ3) is 3.45. The number of nitrogens with zero attached hydrogens (tertiary/aromatic N) is 1. The van der Waals surface area contributed by atoms with Crippen LogP contribution in [-0.4, -0.2) is 37.2 Å². The summed E-state index contributed by atoms with van der Waals surface area (Å²) >= 11 is 0. The van der Waals surface area contributed by atoms with Crippen molar-refractivity contribution in [2.75, 3.05) is 26.2 Å². The molecule has 0 aromatic carbocycles. The van der Waals surface area contributed by atoms with Crippen LogP contribution in [0.4, 0.5) is 0 Å². The summed E-state index contributed by atoms with van der Waals surface area (Å²) < 4.78 is 11.9. The average Bonchev–Trinajstić information content (AvgIpc) is 3.54. The number of rotatable bonds is 5. The molecule has 1 aromatic rings. The van der Waals surface area contributed by atoms with E-state index in [0.29, 0.717) is 22.9 Å². The molecular formula is C29H43NO2. The van der Waals surface area contributed by atoms with E-state index in [0.717, 1.165) is 30.9 Å². The molecule has 2 unspecified atom stereocenters. The molecule has 1 aromatic heterocycles. The van der Waals surface area contributed by atoms with Gasteiger partial charge in [-0.25, -0.2) is 0 Å². The summed E-state index contributed by atoms with van der Waals surface area (Å²) in [5, 5.41) is 0. The maximum atomic E-state index is 6.42. The van der Waals surface area contributed by atoms with E-state index in [1.54, 1.807) is 5.57 Å². The minimum absolute atomic E-state index is 0.423. The topological polar surface area (TPSA) is 25.6 Å². The largest absolute Gasteiger partial charge is 0.472 e. The van der Waals surface area contributed by atoms with Crippen molar-refractivity contribution in [3.63, 3.8) is 0 Å². The van der Waals surface area contributed by atoms with Crippen LogP contribution in [0.2, 0.25) is 0 Å². The summed E-state index contributed by atoms with van der Waals surface area (Å²) in [4.78, 5) is 2.58. The Morgan fingerprint density at radius 1 is 1.06 bits per heavy atom. The van der Waals surface area contributed by atoms with Crippen LogP contribution in [0.3, 0.4) is 0 Å². The van der Waals surface area contributed by atoms with E-state index in [1.807, 2.05) is 12.5 Å². The molecule has 0 radical (unpaired) electrons. The molecule has 0 amide bonds. The number of likely N-dealkylation sites (tertiary alicyclic amines) is 1. The molecule has 6 rings (SSSR count). The molecule has 2 heterocycles. The molecule has 4 aliphatic carbocycles. The monoisotopic (exact) mass is 437 g/mol. The van der Waals surface area contributed by atoms with Crippen LogP contribution in [-0.2, 0) is 4.74 Å². The summed E-state index contributed by atoms with van der Waals surface area (Å²) in [7, 11) is 0. The molecule has 1 saturated heterocycles. The van der Waals surface area contributed by atoms with E-state index in [4.69, 9.17) is 9.15 Å². The van der Waals surface area contributed by atoms with E-state index in [1.165, 1.54) is 82.9 Å². The van der Waals surface area contributed by atoms with Gasteiger partial charge in [0.15, 0.2) is 0 Å². The normalized spacial score (nSPS) is 44.1. The molecule has 1 aliphatic heterocycles. The van der Waals surface area contributed by atoms with Crippen LogP contribution in [0.25, 0.3) is 0 Å². The molecule has 0 spiro atoms. The number of fused-ring (bicyclic) bond motifs is 5. The Bertz CT molecular complexity index is 824. The second kappa shape index (κ2) is 8.31. The fraction of sp³-hybridized carbons (Fsp3) is 0.793. The number of hydrogen-bond acceptors (Lipinski definition) is 3. The quantitative estimate of drug-likeness (QED) is 0.473. The molecule has 32 heavy (non-hydrogen) atoms. The molecular weight excluding hydrogens is 394 g/mol. The van der Waals surface area contributed by atoms with E-state index >= 15 is 0 Å². The number of allylic oxidation sites excluding steroid dienone is 1. The second-order valence-corrected chi connectivity index (χ2v) is 12.3. The number of ether oxygens (including phenoxy) is 1. The zero-order chi connectivity index (χ0) is 21.8. The molecule has 4 fully saturated rings. The minimum atomic E-state index is 0.423. The highest BCUT2D eigenvalue weighted by Crippen LogP contribution is 2.68. The van der Waals surface area contributed by atoms with Crippen LogP contribution in [0.5, 0.6) is 0 Å². The first-order chi connectivity index (χ1) is 15.6. The van der Waals surface area contributed by atoms with E-state index in [9.17, 15) is 0 Å². The fourth-order valence-corrected chi connectivity index (χ4v) is 9.15. The lowest BCUT2D eigenvalue weighted by Crippen LogP contribution is -2.50. The van der Waals surface area contributed by atoms with Crippen molar-refractivity contribution < 1.29 is 9.15 Å². The van der Waals surface area contributed by atoms with Gasteiger partial charge in [-0.2, -0.15) is 0 Å². The maximum absolute atomic E-state index is 6.42. The van der Waals surface area contributed by atoms with Gasteiger partial charge in [0.2, 0.25) is 0 Å². The first kappa shape index (κ1) is 21.5. The van der Waals surface area contributed by atoms with Gasteiger partial charge in [0.25, 0.3) is 0 Å². The predicted octanol–water partition coefficient (Wildman–Crippen LogP) is 6.81. The minimum Gasteiger partial charge on any atom is -0.472 e. The number of hydrogen-bond donors (Lipinski definition) is 0. The third-order valence-electron chi connectivity index (χ3n) is 11.0. The summed E-state index contributed by atoms with van der Waals surface area (Å²) in [5.41, 5.74) is 4.09. The van der Waals surface area contributed by atoms with Gasteiger partial charge in [0.1, 0.15) is 0 Å². The molecule has 5 aliphatic rings. The predicted molar refractivity (Wildman–Crippen MR) is 129 cm³/mol. The maximum Gasteiger partial charge on any atom is 0.0937 e. The zero-order valence-electron chi connectivity index (χ0n) is 20.4. The molecule has 3 nitrogen and oxygen atoms in total. The Balaban J connectivity index is 1.14. The van der Waals surface area contributed by atoms with Crippen molar-refractivity contribution in [3.05, 3.63) is 35.8 Å². The van der Waals surface area contributed by atoms with Gasteiger partial charge in [0.05, 0.1) is 25.2 Å². The highest BCUT2D eigenvalue weighted by Gasteiger charge is 2.58. The van der Waals surface area contributed by atoms with Crippen LogP contribution in [0.15, 0.2) is 34.7 Å². The van der Waals surface area contributed by atoms with Crippen LogP contribution >= 0.6 is 0 Å². The third-order valence-corrected chi connectivity index (χ3v) is 11.0. The van der Waals surface area contributed by atoms with Crippen molar-refractivity contribution in [2.45, 2.75) is 90.1 Å². The Kier molecular flexibility index (Phi) is 5.57. The molecule has 7 atom stereocenters. The Hall–Kier alpha value is -1.06. The highest BCUT2D eigenvalue weighted by atomic mass is 16.5. The van der Waals surface area contributed by atoms with Gasteiger partial charge in [-0.15, -0.1) is 0 Å². The summed E-state index contributed by atoms with van der Waals surface area (Å²) in [6.07, 6.45) is 20.5. The fourth-order valence-electron chi connectivity index (χ4n) is 9.15. The van der Waals surface area contributed by atoms with Gasteiger partial charge in [-0.1, -0.05) is 25.5 Å². The van der Waals surface area contributed by atoms with Crippen molar-refractivity contribution in [1.82, 2.24) is 4.90 Å². The van der Waals surface area contributed by atoms with Crippen molar-refractivity contribution in [3.8, 4) is 0 Å². The molecule has 3 saturated carbocycles. The zero-order valence-corrected chi connectivity index (χ0v) is 20.4. The first-order valence-electron chi connectivity index (χ1n) is 13.6. The van der Waals surface area contributed by atoms with Gasteiger partial charge in [-0.05, 0) is 123 Å². The SMILES string of the molecule is C[C@]12CCC(OCCN3CCCC3)CC1=CC[C@@H]1[C@H]2CC[C@]2(C)C(c3ccoc3)CC[C@@H]12.